The fourth-order valence-electron chi connectivity index (χ4n) is 1.33. The molecule has 0 aliphatic carbocycles. The highest BCUT2D eigenvalue weighted by Gasteiger charge is 1.96. The average Bonchev–Trinajstić information content (AvgIpc) is 2.92. The zero-order valence-corrected chi connectivity index (χ0v) is 11.5. The van der Waals surface area contributed by atoms with Crippen molar-refractivity contribution in [3.05, 3.63) is 59.0 Å². The van der Waals surface area contributed by atoms with Crippen LogP contribution in [-0.2, 0) is 6.54 Å². The monoisotopic (exact) mass is 293 g/mol. The molecule has 6 heteroatoms. The molecule has 0 amide bonds. The Hall–Kier alpha value is -1.85. The quantitative estimate of drug-likeness (QED) is 0.517. The van der Waals surface area contributed by atoms with Crippen LogP contribution < -0.4 is 10.7 Å². The van der Waals surface area contributed by atoms with Crippen LogP contribution in [-0.4, -0.2) is 11.3 Å². The third kappa shape index (κ3) is 4.73. The van der Waals surface area contributed by atoms with E-state index >= 15 is 0 Å². The highest BCUT2D eigenvalue weighted by atomic mass is 35.5. The van der Waals surface area contributed by atoms with Gasteiger partial charge in [0.15, 0.2) is 5.11 Å². The van der Waals surface area contributed by atoms with Gasteiger partial charge in [0.1, 0.15) is 5.76 Å². The maximum absolute atomic E-state index is 5.79. The molecule has 0 unspecified atom stereocenters. The van der Waals surface area contributed by atoms with E-state index in [0.717, 1.165) is 11.3 Å². The fraction of sp³-hybridized carbons (Fsp3) is 0.0769. The van der Waals surface area contributed by atoms with Gasteiger partial charge >= 0.3 is 0 Å². The van der Waals surface area contributed by atoms with Crippen LogP contribution in [0, 0.1) is 0 Å². The molecular formula is C13H12ClN3OS. The van der Waals surface area contributed by atoms with Crippen LogP contribution in [0.4, 0.5) is 0 Å². The minimum absolute atomic E-state index is 0.432. The number of benzene rings is 1. The minimum Gasteiger partial charge on any atom is -0.467 e. The van der Waals surface area contributed by atoms with E-state index in [1.807, 2.05) is 24.3 Å². The van der Waals surface area contributed by atoms with Gasteiger partial charge in [0.25, 0.3) is 0 Å². The van der Waals surface area contributed by atoms with Crippen LogP contribution >= 0.6 is 23.8 Å². The lowest BCUT2D eigenvalue weighted by Crippen LogP contribution is -2.31. The molecule has 0 atom stereocenters. The first-order chi connectivity index (χ1) is 9.24. The third-order valence-electron chi connectivity index (χ3n) is 2.25. The van der Waals surface area contributed by atoms with Gasteiger partial charge < -0.3 is 9.73 Å². The van der Waals surface area contributed by atoms with Crippen molar-refractivity contribution in [3.63, 3.8) is 0 Å². The van der Waals surface area contributed by atoms with Crippen molar-refractivity contribution in [2.75, 3.05) is 0 Å². The van der Waals surface area contributed by atoms with E-state index < -0.39 is 0 Å². The summed E-state index contributed by atoms with van der Waals surface area (Å²) in [5, 5.41) is 8.12. The van der Waals surface area contributed by atoms with Crippen LogP contribution in [0.25, 0.3) is 0 Å². The maximum atomic E-state index is 5.79. The Bertz CT molecular complexity index is 552. The molecule has 0 bridgehead atoms. The number of nitrogens with one attached hydrogen (secondary N) is 2. The molecule has 1 aromatic carbocycles. The van der Waals surface area contributed by atoms with Crippen molar-refractivity contribution in [1.82, 2.24) is 10.7 Å². The first-order valence-corrected chi connectivity index (χ1v) is 6.37. The average molecular weight is 294 g/mol. The second-order valence-electron chi connectivity index (χ2n) is 3.68. The van der Waals surface area contributed by atoms with Gasteiger partial charge in [-0.15, -0.1) is 0 Å². The molecule has 2 aromatic rings. The van der Waals surface area contributed by atoms with Gasteiger partial charge in [0.05, 0.1) is 19.0 Å². The van der Waals surface area contributed by atoms with Gasteiger partial charge in [-0.3, -0.25) is 5.43 Å². The van der Waals surface area contributed by atoms with E-state index in [1.54, 1.807) is 24.6 Å². The fourth-order valence-corrected chi connectivity index (χ4v) is 1.59. The minimum atomic E-state index is 0.432. The SMILES string of the molecule is S=C(NCc1ccco1)N/N=C/c1ccc(Cl)cc1. The number of nitrogens with zero attached hydrogens (tertiary/aromatic N) is 1. The van der Waals surface area contributed by atoms with Crippen molar-refractivity contribution in [2.24, 2.45) is 5.10 Å². The Morgan fingerprint density at radius 1 is 1.32 bits per heavy atom. The molecule has 4 nitrogen and oxygen atoms in total. The number of rotatable bonds is 4. The Balaban J connectivity index is 1.75. The zero-order valence-electron chi connectivity index (χ0n) is 9.97. The van der Waals surface area contributed by atoms with E-state index in [4.69, 9.17) is 28.2 Å². The maximum Gasteiger partial charge on any atom is 0.187 e. The largest absolute Gasteiger partial charge is 0.467 e. The number of thiocarbonyl (C=S) groups is 1. The molecule has 0 radical (unpaired) electrons. The Morgan fingerprint density at radius 3 is 2.79 bits per heavy atom. The summed E-state index contributed by atoms with van der Waals surface area (Å²) in [4.78, 5) is 0. The molecule has 2 N–H and O–H groups in total. The summed E-state index contributed by atoms with van der Waals surface area (Å²) in [6.07, 6.45) is 3.28. The second kappa shape index (κ2) is 6.92. The third-order valence-corrected chi connectivity index (χ3v) is 2.74. The van der Waals surface area contributed by atoms with Gasteiger partial charge in [0, 0.05) is 5.02 Å². The van der Waals surface area contributed by atoms with Crippen LogP contribution in [0.15, 0.2) is 52.2 Å². The van der Waals surface area contributed by atoms with Crippen molar-refractivity contribution in [2.45, 2.75) is 6.54 Å². The van der Waals surface area contributed by atoms with Crippen LogP contribution in [0.2, 0.25) is 5.02 Å². The Labute approximate surface area is 121 Å². The lowest BCUT2D eigenvalue weighted by Gasteiger charge is -2.04. The van der Waals surface area contributed by atoms with Gasteiger partial charge in [-0.25, -0.2) is 0 Å². The summed E-state index contributed by atoms with van der Waals surface area (Å²) in [7, 11) is 0. The smallest absolute Gasteiger partial charge is 0.187 e. The van der Waals surface area contributed by atoms with Crippen molar-refractivity contribution in [3.8, 4) is 0 Å². The lowest BCUT2D eigenvalue weighted by atomic mass is 10.2. The molecule has 0 aliphatic heterocycles. The van der Waals surface area contributed by atoms with E-state index in [1.165, 1.54) is 0 Å². The summed E-state index contributed by atoms with van der Waals surface area (Å²) in [5.41, 5.74) is 3.66. The summed E-state index contributed by atoms with van der Waals surface area (Å²) in [6, 6.07) is 11.0. The highest BCUT2D eigenvalue weighted by Crippen LogP contribution is 2.07. The van der Waals surface area contributed by atoms with Crippen molar-refractivity contribution < 1.29 is 4.42 Å². The van der Waals surface area contributed by atoms with Crippen molar-refractivity contribution in [1.29, 1.82) is 0 Å². The second-order valence-corrected chi connectivity index (χ2v) is 4.53. The van der Waals surface area contributed by atoms with Gasteiger partial charge in [-0.1, -0.05) is 23.7 Å². The lowest BCUT2D eigenvalue weighted by molar-refractivity contribution is 0.502. The van der Waals surface area contributed by atoms with Gasteiger partial charge in [-0.2, -0.15) is 5.10 Å². The Kier molecular flexibility index (Phi) is 4.94. The highest BCUT2D eigenvalue weighted by molar-refractivity contribution is 7.80. The van der Waals surface area contributed by atoms with Crippen molar-refractivity contribution >= 4 is 35.1 Å². The predicted molar refractivity (Wildman–Crippen MR) is 80.3 cm³/mol. The zero-order chi connectivity index (χ0) is 13.5. The van der Waals surface area contributed by atoms with E-state index in [-0.39, 0.29) is 0 Å². The molecule has 19 heavy (non-hydrogen) atoms. The summed E-state index contributed by atoms with van der Waals surface area (Å²) in [6.45, 7) is 0.523. The molecule has 1 aromatic heterocycles. The summed E-state index contributed by atoms with van der Waals surface area (Å²) < 4.78 is 5.17. The topological polar surface area (TPSA) is 49.6 Å². The number of hydrogen-bond donors (Lipinski definition) is 2. The van der Waals surface area contributed by atoms with Crippen LogP contribution in [0.1, 0.15) is 11.3 Å². The molecule has 1 heterocycles. The van der Waals surface area contributed by atoms with Crippen LogP contribution in [0.3, 0.4) is 0 Å². The normalized spacial score (nSPS) is 10.6. The Morgan fingerprint density at radius 2 is 2.11 bits per heavy atom. The van der Waals surface area contributed by atoms with E-state index in [2.05, 4.69) is 15.8 Å². The molecular weight excluding hydrogens is 282 g/mol. The standard InChI is InChI=1S/C13H12ClN3OS/c14-11-5-3-10(4-6-11)8-16-17-13(19)15-9-12-2-1-7-18-12/h1-8H,9H2,(H2,15,17,19)/b16-8+. The number of halogens is 1. The number of hydrogen-bond acceptors (Lipinski definition) is 3. The molecule has 0 fully saturated rings. The molecule has 2 rings (SSSR count). The molecule has 98 valence electrons. The first kappa shape index (κ1) is 13.6. The molecule has 0 saturated carbocycles. The van der Waals surface area contributed by atoms with Gasteiger partial charge in [-0.05, 0) is 42.0 Å². The predicted octanol–water partition coefficient (Wildman–Crippen LogP) is 2.93. The van der Waals surface area contributed by atoms with Gasteiger partial charge in [0.2, 0.25) is 0 Å². The van der Waals surface area contributed by atoms with E-state index in [0.29, 0.717) is 16.7 Å². The first-order valence-electron chi connectivity index (χ1n) is 5.59. The molecule has 0 spiro atoms. The number of furan rings is 1. The molecule has 0 saturated heterocycles. The van der Waals surface area contributed by atoms with Crippen LogP contribution in [0.5, 0.6) is 0 Å². The summed E-state index contributed by atoms with van der Waals surface area (Å²) in [5.74, 6) is 0.811. The number of hydrazone groups is 1. The summed E-state index contributed by atoms with van der Waals surface area (Å²) >= 11 is 10.9. The molecule has 0 aliphatic rings. The van der Waals surface area contributed by atoms with E-state index in [9.17, 15) is 0 Å².